The Morgan fingerprint density at radius 2 is 2.56 bits per heavy atom. The van der Waals surface area contributed by atoms with Gasteiger partial charge in [0.1, 0.15) is 0 Å². The van der Waals surface area contributed by atoms with Gasteiger partial charge in [-0.2, -0.15) is 4.74 Å². The summed E-state index contributed by atoms with van der Waals surface area (Å²) in [4.78, 5) is 10.6. The SMILES string of the molecule is C=Cc1cc(=O)n(C)o1. The van der Waals surface area contributed by atoms with Crippen LogP contribution < -0.4 is 5.56 Å². The average Bonchev–Trinajstić information content (AvgIpc) is 2.13. The summed E-state index contributed by atoms with van der Waals surface area (Å²) in [5, 5.41) is 0. The highest BCUT2D eigenvalue weighted by atomic mass is 16.5. The number of aryl methyl sites for hydroxylation is 1. The van der Waals surface area contributed by atoms with Crippen LogP contribution in [0.25, 0.3) is 6.08 Å². The van der Waals surface area contributed by atoms with Gasteiger partial charge in [-0.15, -0.1) is 0 Å². The fraction of sp³-hybridized carbons (Fsp3) is 0.167. The zero-order valence-electron chi connectivity index (χ0n) is 5.13. The highest BCUT2D eigenvalue weighted by Crippen LogP contribution is 1.93. The Morgan fingerprint density at radius 3 is 2.78 bits per heavy atom. The van der Waals surface area contributed by atoms with Gasteiger partial charge in [0.05, 0.1) is 6.07 Å². The average molecular weight is 125 g/mol. The van der Waals surface area contributed by atoms with Crippen molar-refractivity contribution < 1.29 is 4.52 Å². The van der Waals surface area contributed by atoms with Crippen LogP contribution in [0, 0.1) is 0 Å². The van der Waals surface area contributed by atoms with E-state index in [9.17, 15) is 4.79 Å². The second-order valence-electron chi connectivity index (χ2n) is 1.68. The van der Waals surface area contributed by atoms with Crippen LogP contribution in [0.1, 0.15) is 5.76 Å². The Morgan fingerprint density at radius 1 is 1.89 bits per heavy atom. The zero-order valence-corrected chi connectivity index (χ0v) is 5.13. The maximum absolute atomic E-state index is 10.6. The van der Waals surface area contributed by atoms with Gasteiger partial charge < -0.3 is 4.52 Å². The van der Waals surface area contributed by atoms with E-state index in [1.165, 1.54) is 12.1 Å². The molecular formula is C6H7NO2. The fourth-order valence-corrected chi connectivity index (χ4v) is 0.538. The van der Waals surface area contributed by atoms with Gasteiger partial charge in [-0.3, -0.25) is 4.79 Å². The number of rotatable bonds is 1. The highest BCUT2D eigenvalue weighted by Gasteiger charge is 1.95. The van der Waals surface area contributed by atoms with E-state index in [0.717, 1.165) is 4.74 Å². The van der Waals surface area contributed by atoms with Crippen molar-refractivity contribution in [3.63, 3.8) is 0 Å². The summed E-state index contributed by atoms with van der Waals surface area (Å²) in [7, 11) is 1.55. The molecule has 0 amide bonds. The van der Waals surface area contributed by atoms with E-state index in [2.05, 4.69) is 6.58 Å². The third-order valence-electron chi connectivity index (χ3n) is 1.02. The summed E-state index contributed by atoms with van der Waals surface area (Å²) >= 11 is 0. The Balaban J connectivity index is 3.28. The van der Waals surface area contributed by atoms with Crippen LogP contribution in [0.2, 0.25) is 0 Å². The Labute approximate surface area is 52.2 Å². The molecule has 0 spiro atoms. The van der Waals surface area contributed by atoms with E-state index in [1.807, 2.05) is 0 Å². The summed E-state index contributed by atoms with van der Waals surface area (Å²) in [6.45, 7) is 3.44. The molecule has 1 aromatic rings. The molecule has 0 aromatic carbocycles. The standard InChI is InChI=1S/C6H7NO2/c1-3-5-4-6(8)7(2)9-5/h3-4H,1H2,2H3. The van der Waals surface area contributed by atoms with Crippen molar-refractivity contribution >= 4 is 6.08 Å². The quantitative estimate of drug-likeness (QED) is 0.551. The van der Waals surface area contributed by atoms with Gasteiger partial charge in [0.25, 0.3) is 5.56 Å². The zero-order chi connectivity index (χ0) is 6.85. The van der Waals surface area contributed by atoms with Crippen molar-refractivity contribution in [1.82, 2.24) is 4.74 Å². The largest absolute Gasteiger partial charge is 0.377 e. The van der Waals surface area contributed by atoms with Crippen molar-refractivity contribution in [3.8, 4) is 0 Å². The maximum atomic E-state index is 10.6. The molecule has 0 fully saturated rings. The van der Waals surface area contributed by atoms with E-state index in [-0.39, 0.29) is 5.56 Å². The van der Waals surface area contributed by atoms with Crippen molar-refractivity contribution in [1.29, 1.82) is 0 Å². The lowest BCUT2D eigenvalue weighted by Gasteiger charge is -1.81. The van der Waals surface area contributed by atoms with Crippen LogP contribution in [0.3, 0.4) is 0 Å². The molecule has 0 aliphatic carbocycles. The minimum Gasteiger partial charge on any atom is -0.377 e. The van der Waals surface area contributed by atoms with Crippen molar-refractivity contribution in [2.45, 2.75) is 0 Å². The van der Waals surface area contributed by atoms with Gasteiger partial charge in [0.2, 0.25) is 0 Å². The monoisotopic (exact) mass is 125 g/mol. The lowest BCUT2D eigenvalue weighted by atomic mass is 10.5. The molecule has 0 saturated heterocycles. The first-order valence-corrected chi connectivity index (χ1v) is 2.54. The summed E-state index contributed by atoms with van der Waals surface area (Å²) < 4.78 is 6.00. The van der Waals surface area contributed by atoms with Crippen LogP contribution in [0.5, 0.6) is 0 Å². The molecule has 3 nitrogen and oxygen atoms in total. The van der Waals surface area contributed by atoms with E-state index in [0.29, 0.717) is 5.76 Å². The van der Waals surface area contributed by atoms with Crippen LogP contribution in [0.15, 0.2) is 22.0 Å². The molecule has 9 heavy (non-hydrogen) atoms. The van der Waals surface area contributed by atoms with Gasteiger partial charge >= 0.3 is 0 Å². The number of hydrogen-bond acceptors (Lipinski definition) is 2. The molecule has 0 unspecified atom stereocenters. The van der Waals surface area contributed by atoms with Crippen LogP contribution in [-0.4, -0.2) is 4.74 Å². The Hall–Kier alpha value is -1.25. The summed E-state index contributed by atoms with van der Waals surface area (Å²) in [5.41, 5.74) is -0.148. The predicted octanol–water partition coefficient (Wildman–Crippen LogP) is 0.621. The van der Waals surface area contributed by atoms with E-state index in [1.54, 1.807) is 7.05 Å². The summed E-state index contributed by atoms with van der Waals surface area (Å²) in [6.07, 6.45) is 1.49. The van der Waals surface area contributed by atoms with Crippen LogP contribution in [0.4, 0.5) is 0 Å². The van der Waals surface area contributed by atoms with Crippen LogP contribution in [-0.2, 0) is 7.05 Å². The molecule has 0 bridgehead atoms. The molecule has 0 atom stereocenters. The van der Waals surface area contributed by atoms with Gasteiger partial charge in [-0.25, -0.2) is 0 Å². The lowest BCUT2D eigenvalue weighted by molar-refractivity contribution is 0.293. The molecule has 0 N–H and O–H groups in total. The third-order valence-corrected chi connectivity index (χ3v) is 1.02. The Bertz CT molecular complexity index is 269. The second-order valence-corrected chi connectivity index (χ2v) is 1.68. The van der Waals surface area contributed by atoms with Gasteiger partial charge in [0, 0.05) is 7.05 Å². The van der Waals surface area contributed by atoms with E-state index < -0.39 is 0 Å². The van der Waals surface area contributed by atoms with E-state index in [4.69, 9.17) is 4.52 Å². The normalized spacial score (nSPS) is 9.44. The molecule has 48 valence electrons. The topological polar surface area (TPSA) is 35.1 Å². The minimum atomic E-state index is -0.148. The number of nitrogens with zero attached hydrogens (tertiary/aromatic N) is 1. The van der Waals surface area contributed by atoms with Crippen LogP contribution >= 0.6 is 0 Å². The molecule has 0 aliphatic rings. The molecule has 0 radical (unpaired) electrons. The first kappa shape index (κ1) is 5.88. The van der Waals surface area contributed by atoms with E-state index >= 15 is 0 Å². The summed E-state index contributed by atoms with van der Waals surface area (Å²) in [6, 6.07) is 1.38. The molecule has 1 aromatic heterocycles. The van der Waals surface area contributed by atoms with Gasteiger partial charge in [-0.1, -0.05) is 6.58 Å². The Kier molecular flexibility index (Phi) is 1.26. The molecule has 3 heteroatoms. The molecular weight excluding hydrogens is 118 g/mol. The lowest BCUT2D eigenvalue weighted by Crippen LogP contribution is -2.06. The highest BCUT2D eigenvalue weighted by molar-refractivity contribution is 5.37. The maximum Gasteiger partial charge on any atom is 0.282 e. The first-order valence-electron chi connectivity index (χ1n) is 2.54. The summed E-state index contributed by atoms with van der Waals surface area (Å²) in [5.74, 6) is 0.502. The number of hydrogen-bond donors (Lipinski definition) is 0. The first-order chi connectivity index (χ1) is 4.24. The molecule has 1 rings (SSSR count). The number of aromatic nitrogens is 1. The smallest absolute Gasteiger partial charge is 0.282 e. The molecule has 1 heterocycles. The molecule has 0 aliphatic heterocycles. The predicted molar refractivity (Wildman–Crippen MR) is 34.0 cm³/mol. The van der Waals surface area contributed by atoms with Crippen molar-refractivity contribution in [2.75, 3.05) is 0 Å². The third kappa shape index (κ3) is 0.937. The second kappa shape index (κ2) is 1.93. The van der Waals surface area contributed by atoms with Gasteiger partial charge in [-0.05, 0) is 6.08 Å². The molecule has 0 saturated carbocycles. The van der Waals surface area contributed by atoms with Gasteiger partial charge in [0.15, 0.2) is 5.76 Å². The minimum absolute atomic E-state index is 0.148. The van der Waals surface area contributed by atoms with Crippen molar-refractivity contribution in [2.24, 2.45) is 7.05 Å². The fourth-order valence-electron chi connectivity index (χ4n) is 0.538. The van der Waals surface area contributed by atoms with Crippen molar-refractivity contribution in [3.05, 3.63) is 28.8 Å².